The van der Waals surface area contributed by atoms with Crippen molar-refractivity contribution in [3.63, 3.8) is 0 Å². The summed E-state index contributed by atoms with van der Waals surface area (Å²) in [5.74, 6) is -0.561. The molecule has 3 unspecified atom stereocenters. The summed E-state index contributed by atoms with van der Waals surface area (Å²) in [7, 11) is 3.69. The van der Waals surface area contributed by atoms with E-state index in [4.69, 9.17) is 4.74 Å². The van der Waals surface area contributed by atoms with Gasteiger partial charge < -0.3 is 4.74 Å². The third-order valence-corrected chi connectivity index (χ3v) is 5.32. The van der Waals surface area contributed by atoms with Gasteiger partial charge in [0.2, 0.25) is 0 Å². The van der Waals surface area contributed by atoms with Crippen LogP contribution in [-0.2, 0) is 14.9 Å². The molecule has 0 bridgehead atoms. The van der Waals surface area contributed by atoms with Gasteiger partial charge in [-0.1, -0.05) is 42.0 Å². The average Bonchev–Trinajstić information content (AvgIpc) is 2.61. The summed E-state index contributed by atoms with van der Waals surface area (Å²) in [6.45, 7) is 7.77. The van der Waals surface area contributed by atoms with Crippen molar-refractivity contribution in [1.29, 1.82) is 0 Å². The van der Waals surface area contributed by atoms with Crippen LogP contribution < -0.4 is 0 Å². The van der Waals surface area contributed by atoms with Gasteiger partial charge in [-0.25, -0.2) is 4.39 Å². The van der Waals surface area contributed by atoms with Gasteiger partial charge in [-0.2, -0.15) is 0 Å². The summed E-state index contributed by atoms with van der Waals surface area (Å²) < 4.78 is 19.3. The highest BCUT2D eigenvalue weighted by Crippen LogP contribution is 2.37. The first-order valence-electron chi connectivity index (χ1n) is 8.86. The van der Waals surface area contributed by atoms with Gasteiger partial charge in [0, 0.05) is 0 Å². The molecule has 3 nitrogen and oxygen atoms in total. The maximum atomic E-state index is 13.4. The molecule has 0 radical (unpaired) electrons. The van der Waals surface area contributed by atoms with E-state index < -0.39 is 11.5 Å². The lowest BCUT2D eigenvalue weighted by atomic mass is 9.72. The minimum absolute atomic E-state index is 0.275. The van der Waals surface area contributed by atoms with Crippen LogP contribution in [0.2, 0.25) is 0 Å². The van der Waals surface area contributed by atoms with Gasteiger partial charge in [-0.3, -0.25) is 9.69 Å². The Hall–Kier alpha value is -2.20. The quantitative estimate of drug-likeness (QED) is 0.721. The molecule has 0 heterocycles. The second-order valence-electron chi connectivity index (χ2n) is 7.29. The van der Waals surface area contributed by atoms with Gasteiger partial charge in [0.1, 0.15) is 18.0 Å². The van der Waals surface area contributed by atoms with E-state index in [2.05, 4.69) is 0 Å². The van der Waals surface area contributed by atoms with Crippen molar-refractivity contribution in [2.24, 2.45) is 0 Å². The van der Waals surface area contributed by atoms with Crippen LogP contribution in [0.25, 0.3) is 0 Å². The number of esters is 1. The minimum atomic E-state index is -0.594. The lowest BCUT2D eigenvalue weighted by Gasteiger charge is -2.37. The van der Waals surface area contributed by atoms with E-state index in [0.717, 1.165) is 16.7 Å². The SMILES string of the molecule is Cc1ccc(C(C)(c2ccc(F)cc2)C(C)OC(=O)C(C)N(C)C)cc1. The van der Waals surface area contributed by atoms with Crippen LogP contribution in [-0.4, -0.2) is 37.1 Å². The number of carbonyl (C=O) groups excluding carboxylic acids is 1. The van der Waals surface area contributed by atoms with Crippen LogP contribution in [0.15, 0.2) is 48.5 Å². The monoisotopic (exact) mass is 357 g/mol. The molecule has 140 valence electrons. The van der Waals surface area contributed by atoms with Crippen LogP contribution in [0.3, 0.4) is 0 Å². The Kier molecular flexibility index (Phi) is 6.19. The molecule has 0 saturated carbocycles. The molecule has 4 heteroatoms. The second kappa shape index (κ2) is 8.00. The number of carbonyl (C=O) groups is 1. The van der Waals surface area contributed by atoms with Crippen LogP contribution in [0.4, 0.5) is 4.39 Å². The lowest BCUT2D eigenvalue weighted by molar-refractivity contribution is -0.155. The van der Waals surface area contributed by atoms with Crippen molar-refractivity contribution < 1.29 is 13.9 Å². The fourth-order valence-corrected chi connectivity index (χ4v) is 2.93. The summed E-state index contributed by atoms with van der Waals surface area (Å²) in [6.07, 6.45) is -0.425. The van der Waals surface area contributed by atoms with E-state index in [1.54, 1.807) is 12.1 Å². The zero-order valence-corrected chi connectivity index (χ0v) is 16.4. The fourth-order valence-electron chi connectivity index (χ4n) is 2.93. The maximum absolute atomic E-state index is 13.4. The van der Waals surface area contributed by atoms with Crippen molar-refractivity contribution in [3.05, 3.63) is 71.0 Å². The number of aryl methyl sites for hydroxylation is 1. The van der Waals surface area contributed by atoms with Gasteiger partial charge in [-0.05, 0) is 65.0 Å². The standard InChI is InChI=1S/C22H28FNO2/c1-15-7-9-18(10-8-15)22(4,19-11-13-20(23)14-12-19)17(3)26-21(25)16(2)24(5)6/h7-14,16-17H,1-6H3. The highest BCUT2D eigenvalue weighted by Gasteiger charge is 2.38. The number of likely N-dealkylation sites (N-methyl/N-ethyl adjacent to an activating group) is 1. The number of rotatable bonds is 6. The molecule has 0 aliphatic carbocycles. The van der Waals surface area contributed by atoms with Crippen LogP contribution >= 0.6 is 0 Å². The zero-order valence-electron chi connectivity index (χ0n) is 16.4. The molecule has 0 saturated heterocycles. The zero-order chi connectivity index (χ0) is 19.5. The highest BCUT2D eigenvalue weighted by molar-refractivity contribution is 5.75. The molecule has 0 amide bonds. The van der Waals surface area contributed by atoms with Gasteiger partial charge >= 0.3 is 5.97 Å². The molecule has 2 rings (SSSR count). The molecule has 0 aliphatic rings. The molecular formula is C22H28FNO2. The summed E-state index contributed by atoms with van der Waals surface area (Å²) >= 11 is 0. The number of halogens is 1. The van der Waals surface area contributed by atoms with E-state index in [9.17, 15) is 9.18 Å². The molecule has 0 spiro atoms. The maximum Gasteiger partial charge on any atom is 0.323 e. The molecular weight excluding hydrogens is 329 g/mol. The van der Waals surface area contributed by atoms with Crippen molar-refractivity contribution in [2.75, 3.05) is 14.1 Å². The van der Waals surface area contributed by atoms with E-state index in [-0.39, 0.29) is 17.8 Å². The first-order valence-corrected chi connectivity index (χ1v) is 8.86. The number of ether oxygens (including phenoxy) is 1. The normalized spacial score (nSPS) is 16.0. The van der Waals surface area contributed by atoms with E-state index in [1.165, 1.54) is 12.1 Å². The molecule has 26 heavy (non-hydrogen) atoms. The average molecular weight is 357 g/mol. The first kappa shape index (κ1) is 20.1. The van der Waals surface area contributed by atoms with Crippen molar-refractivity contribution in [2.45, 2.75) is 45.3 Å². The largest absolute Gasteiger partial charge is 0.460 e. The van der Waals surface area contributed by atoms with Gasteiger partial charge in [0.05, 0.1) is 5.41 Å². The number of hydrogen-bond donors (Lipinski definition) is 0. The summed E-state index contributed by atoms with van der Waals surface area (Å²) in [4.78, 5) is 14.3. The van der Waals surface area contributed by atoms with Gasteiger partial charge in [-0.15, -0.1) is 0 Å². The summed E-state index contributed by atoms with van der Waals surface area (Å²) in [5, 5.41) is 0. The predicted molar refractivity (Wildman–Crippen MR) is 103 cm³/mol. The molecule has 2 aromatic rings. The lowest BCUT2D eigenvalue weighted by Crippen LogP contribution is -2.43. The molecule has 0 fully saturated rings. The molecule has 2 aromatic carbocycles. The Bertz CT molecular complexity index is 692. The second-order valence-corrected chi connectivity index (χ2v) is 7.29. The minimum Gasteiger partial charge on any atom is -0.460 e. The molecule has 3 atom stereocenters. The van der Waals surface area contributed by atoms with E-state index in [1.807, 2.05) is 71.0 Å². The van der Waals surface area contributed by atoms with Crippen LogP contribution in [0, 0.1) is 12.7 Å². The van der Waals surface area contributed by atoms with E-state index >= 15 is 0 Å². The van der Waals surface area contributed by atoms with Gasteiger partial charge in [0.15, 0.2) is 0 Å². The highest BCUT2D eigenvalue weighted by atomic mass is 19.1. The van der Waals surface area contributed by atoms with Crippen LogP contribution in [0.1, 0.15) is 37.5 Å². The third kappa shape index (κ3) is 4.13. The fraction of sp³-hybridized carbons (Fsp3) is 0.409. The molecule has 0 aromatic heterocycles. The number of nitrogens with zero attached hydrogens (tertiary/aromatic N) is 1. The van der Waals surface area contributed by atoms with Crippen molar-refractivity contribution in [1.82, 2.24) is 4.90 Å². The molecule has 0 aliphatic heterocycles. The number of hydrogen-bond acceptors (Lipinski definition) is 3. The Morgan fingerprint density at radius 2 is 1.46 bits per heavy atom. The van der Waals surface area contributed by atoms with Gasteiger partial charge in [0.25, 0.3) is 0 Å². The predicted octanol–water partition coefficient (Wildman–Crippen LogP) is 4.32. The van der Waals surface area contributed by atoms with Crippen molar-refractivity contribution in [3.8, 4) is 0 Å². The Morgan fingerprint density at radius 3 is 1.92 bits per heavy atom. The molecule has 0 N–H and O–H groups in total. The number of benzene rings is 2. The van der Waals surface area contributed by atoms with E-state index in [0.29, 0.717) is 0 Å². The summed E-state index contributed by atoms with van der Waals surface area (Å²) in [6, 6.07) is 14.2. The first-order chi connectivity index (χ1) is 12.2. The summed E-state index contributed by atoms with van der Waals surface area (Å²) in [5.41, 5.74) is 2.48. The smallest absolute Gasteiger partial charge is 0.323 e. The topological polar surface area (TPSA) is 29.5 Å². The Labute approximate surface area is 155 Å². The van der Waals surface area contributed by atoms with Crippen LogP contribution in [0.5, 0.6) is 0 Å². The Morgan fingerprint density at radius 1 is 1.00 bits per heavy atom. The third-order valence-electron chi connectivity index (χ3n) is 5.32. The van der Waals surface area contributed by atoms with Crippen molar-refractivity contribution >= 4 is 5.97 Å². The Balaban J connectivity index is 2.44.